The number of pyridine rings is 1. The van der Waals surface area contributed by atoms with E-state index in [4.69, 9.17) is 16.6 Å². The molecule has 0 spiro atoms. The molecule has 2 aromatic rings. The lowest BCUT2D eigenvalue weighted by molar-refractivity contribution is 0.207. The molecule has 0 radical (unpaired) electrons. The van der Waals surface area contributed by atoms with E-state index >= 15 is 0 Å². The zero-order chi connectivity index (χ0) is 14.8. The summed E-state index contributed by atoms with van der Waals surface area (Å²) in [5.41, 5.74) is 0.902. The minimum Gasteiger partial charge on any atom is -0.464 e. The van der Waals surface area contributed by atoms with Crippen LogP contribution in [0.3, 0.4) is 0 Å². The molecule has 1 aliphatic heterocycles. The standard InChI is InChI=1S/C15H17N3O2S/c1-10-5-6-12(20-10)14-13(11-4-2-3-7-16-11)17-15(21)18(14)8-9-19/h2-7,13-14,19H,8-9H2,1H3,(H,17,21)/t13-,14+/m1/s1. The van der Waals surface area contributed by atoms with Crippen molar-refractivity contribution >= 4 is 17.3 Å². The third kappa shape index (κ3) is 2.64. The van der Waals surface area contributed by atoms with Crippen LogP contribution in [0.5, 0.6) is 0 Å². The van der Waals surface area contributed by atoms with Crippen molar-refractivity contribution in [1.29, 1.82) is 0 Å². The molecule has 1 saturated heterocycles. The van der Waals surface area contributed by atoms with Gasteiger partial charge >= 0.3 is 0 Å². The summed E-state index contributed by atoms with van der Waals surface area (Å²) in [4.78, 5) is 6.37. The largest absolute Gasteiger partial charge is 0.464 e. The fourth-order valence-electron chi connectivity index (χ4n) is 2.68. The maximum atomic E-state index is 9.30. The van der Waals surface area contributed by atoms with Gasteiger partial charge in [-0.15, -0.1) is 0 Å². The van der Waals surface area contributed by atoms with Crippen LogP contribution >= 0.6 is 12.2 Å². The van der Waals surface area contributed by atoms with E-state index in [-0.39, 0.29) is 18.7 Å². The number of nitrogens with one attached hydrogen (secondary N) is 1. The second-order valence-corrected chi connectivity index (χ2v) is 5.38. The molecule has 0 aliphatic carbocycles. The predicted octanol–water partition coefficient (Wildman–Crippen LogP) is 1.95. The molecule has 0 bridgehead atoms. The van der Waals surface area contributed by atoms with Gasteiger partial charge in [0.2, 0.25) is 0 Å². The van der Waals surface area contributed by atoms with E-state index in [9.17, 15) is 5.11 Å². The van der Waals surface area contributed by atoms with Crippen LogP contribution in [0.4, 0.5) is 0 Å². The number of hydrogen-bond donors (Lipinski definition) is 2. The van der Waals surface area contributed by atoms with Gasteiger partial charge in [0.15, 0.2) is 5.11 Å². The number of aliphatic hydroxyl groups excluding tert-OH is 1. The van der Waals surface area contributed by atoms with Gasteiger partial charge in [-0.3, -0.25) is 4.98 Å². The number of β-amino-alcohol motifs (C(OH)–C–C–N with tert-alkyl or cyclic N) is 1. The fourth-order valence-corrected chi connectivity index (χ4v) is 3.01. The van der Waals surface area contributed by atoms with Gasteiger partial charge < -0.3 is 19.7 Å². The highest BCUT2D eigenvalue weighted by Crippen LogP contribution is 2.38. The van der Waals surface area contributed by atoms with E-state index in [0.717, 1.165) is 17.2 Å². The zero-order valence-electron chi connectivity index (χ0n) is 11.7. The molecule has 110 valence electrons. The molecule has 0 aromatic carbocycles. The van der Waals surface area contributed by atoms with E-state index in [1.54, 1.807) is 6.20 Å². The molecule has 5 nitrogen and oxygen atoms in total. The van der Waals surface area contributed by atoms with E-state index in [1.807, 2.05) is 42.2 Å². The summed E-state index contributed by atoms with van der Waals surface area (Å²) in [5.74, 6) is 1.68. The number of nitrogens with zero attached hydrogens (tertiary/aromatic N) is 2. The number of thiocarbonyl (C=S) groups is 1. The van der Waals surface area contributed by atoms with Gasteiger partial charge in [0.05, 0.1) is 18.3 Å². The first-order chi connectivity index (χ1) is 10.2. The highest BCUT2D eigenvalue weighted by molar-refractivity contribution is 7.80. The Labute approximate surface area is 128 Å². The minimum atomic E-state index is -0.103. The van der Waals surface area contributed by atoms with Crippen LogP contribution in [-0.2, 0) is 0 Å². The van der Waals surface area contributed by atoms with Gasteiger partial charge in [-0.05, 0) is 43.4 Å². The molecule has 1 fully saturated rings. The topological polar surface area (TPSA) is 61.5 Å². The van der Waals surface area contributed by atoms with E-state index in [2.05, 4.69) is 10.3 Å². The number of aromatic nitrogens is 1. The number of hydrogen-bond acceptors (Lipinski definition) is 4. The molecule has 0 amide bonds. The van der Waals surface area contributed by atoms with Gasteiger partial charge in [0.1, 0.15) is 17.6 Å². The maximum absolute atomic E-state index is 9.30. The van der Waals surface area contributed by atoms with Crippen LogP contribution in [0.25, 0.3) is 0 Å². The Morgan fingerprint density at radius 1 is 1.38 bits per heavy atom. The Kier molecular flexibility index (Phi) is 3.90. The van der Waals surface area contributed by atoms with Crippen molar-refractivity contribution in [2.75, 3.05) is 13.2 Å². The molecular weight excluding hydrogens is 286 g/mol. The lowest BCUT2D eigenvalue weighted by atomic mass is 10.0. The van der Waals surface area contributed by atoms with Gasteiger partial charge in [-0.25, -0.2) is 0 Å². The Balaban J connectivity index is 2.00. The second kappa shape index (κ2) is 5.83. The maximum Gasteiger partial charge on any atom is 0.170 e. The summed E-state index contributed by atoms with van der Waals surface area (Å²) in [6, 6.07) is 9.50. The van der Waals surface area contributed by atoms with Crippen LogP contribution in [0.1, 0.15) is 29.3 Å². The Morgan fingerprint density at radius 3 is 2.86 bits per heavy atom. The van der Waals surface area contributed by atoms with Crippen molar-refractivity contribution in [3.63, 3.8) is 0 Å². The molecular formula is C15H17N3O2S. The molecule has 0 saturated carbocycles. The summed E-state index contributed by atoms with van der Waals surface area (Å²) in [6.45, 7) is 2.41. The molecule has 2 aromatic heterocycles. The highest BCUT2D eigenvalue weighted by atomic mass is 32.1. The lowest BCUT2D eigenvalue weighted by Gasteiger charge is -2.25. The fraction of sp³-hybridized carbons (Fsp3) is 0.333. The van der Waals surface area contributed by atoms with Crippen molar-refractivity contribution < 1.29 is 9.52 Å². The van der Waals surface area contributed by atoms with E-state index in [0.29, 0.717) is 11.7 Å². The first-order valence-electron chi connectivity index (χ1n) is 6.86. The summed E-state index contributed by atoms with van der Waals surface area (Å²) < 4.78 is 5.79. The van der Waals surface area contributed by atoms with Crippen LogP contribution in [0.2, 0.25) is 0 Å². The first kappa shape index (κ1) is 14.0. The number of aliphatic hydroxyl groups is 1. The van der Waals surface area contributed by atoms with Crippen molar-refractivity contribution in [1.82, 2.24) is 15.2 Å². The Morgan fingerprint density at radius 2 is 2.24 bits per heavy atom. The van der Waals surface area contributed by atoms with Crippen molar-refractivity contribution in [3.8, 4) is 0 Å². The molecule has 2 N–H and O–H groups in total. The molecule has 3 heterocycles. The van der Waals surface area contributed by atoms with Crippen LogP contribution in [0, 0.1) is 6.92 Å². The van der Waals surface area contributed by atoms with Crippen molar-refractivity contribution in [2.24, 2.45) is 0 Å². The van der Waals surface area contributed by atoms with Crippen LogP contribution in [-0.4, -0.2) is 33.3 Å². The van der Waals surface area contributed by atoms with Crippen molar-refractivity contribution in [3.05, 3.63) is 53.7 Å². The van der Waals surface area contributed by atoms with Gasteiger partial charge in [-0.1, -0.05) is 6.07 Å². The average Bonchev–Trinajstić information content (AvgIpc) is 3.05. The van der Waals surface area contributed by atoms with Crippen LogP contribution < -0.4 is 5.32 Å². The summed E-state index contributed by atoms with van der Waals surface area (Å²) in [6.07, 6.45) is 1.76. The quantitative estimate of drug-likeness (QED) is 0.842. The Hall–Kier alpha value is -1.92. The normalized spacial score (nSPS) is 21.6. The molecule has 0 unspecified atom stereocenters. The number of furan rings is 1. The van der Waals surface area contributed by atoms with E-state index < -0.39 is 0 Å². The predicted molar refractivity (Wildman–Crippen MR) is 82.7 cm³/mol. The molecule has 3 rings (SSSR count). The van der Waals surface area contributed by atoms with Gasteiger partial charge in [0.25, 0.3) is 0 Å². The zero-order valence-corrected chi connectivity index (χ0v) is 12.5. The Bertz CT molecular complexity index is 629. The van der Waals surface area contributed by atoms with Crippen molar-refractivity contribution in [2.45, 2.75) is 19.0 Å². The molecule has 21 heavy (non-hydrogen) atoms. The summed E-state index contributed by atoms with van der Waals surface area (Å²) in [7, 11) is 0. The molecule has 2 atom stereocenters. The monoisotopic (exact) mass is 303 g/mol. The molecule has 6 heteroatoms. The highest BCUT2D eigenvalue weighted by Gasteiger charge is 2.41. The lowest BCUT2D eigenvalue weighted by Crippen LogP contribution is -2.32. The van der Waals surface area contributed by atoms with E-state index in [1.165, 1.54) is 0 Å². The SMILES string of the molecule is Cc1ccc([C@H]2[C@@H](c3ccccn3)NC(=S)N2CCO)o1. The molecule has 1 aliphatic rings. The van der Waals surface area contributed by atoms with Crippen LogP contribution in [0.15, 0.2) is 40.9 Å². The second-order valence-electron chi connectivity index (χ2n) is 4.99. The van der Waals surface area contributed by atoms with Gasteiger partial charge in [-0.2, -0.15) is 0 Å². The summed E-state index contributed by atoms with van der Waals surface area (Å²) in [5, 5.41) is 13.2. The third-order valence-corrected chi connectivity index (χ3v) is 3.94. The number of aryl methyl sites for hydroxylation is 1. The first-order valence-corrected chi connectivity index (χ1v) is 7.27. The third-order valence-electron chi connectivity index (χ3n) is 3.59. The minimum absolute atomic E-state index is 0.0347. The summed E-state index contributed by atoms with van der Waals surface area (Å²) >= 11 is 5.40. The van der Waals surface area contributed by atoms with Gasteiger partial charge in [0, 0.05) is 12.7 Å². The number of rotatable bonds is 4. The average molecular weight is 303 g/mol. The smallest absolute Gasteiger partial charge is 0.170 e.